The predicted octanol–water partition coefficient (Wildman–Crippen LogP) is 3.21. The number of nitrogens with zero attached hydrogens (tertiary/aromatic N) is 2. The molecule has 0 bridgehead atoms. The largest absolute Gasteiger partial charge is 0.454 e. The molecule has 150 valence electrons. The lowest BCUT2D eigenvalue weighted by atomic mass is 10.1. The molecule has 0 unspecified atom stereocenters. The second kappa shape index (κ2) is 7.79. The first kappa shape index (κ1) is 19.3. The molecule has 2 heterocycles. The summed E-state index contributed by atoms with van der Waals surface area (Å²) >= 11 is 0. The molecule has 1 fully saturated rings. The molecule has 7 nitrogen and oxygen atoms in total. The second-order valence-corrected chi connectivity index (χ2v) is 8.57. The van der Waals surface area contributed by atoms with E-state index < -0.39 is 22.6 Å². The van der Waals surface area contributed by atoms with Gasteiger partial charge in [-0.2, -0.15) is 8.42 Å². The van der Waals surface area contributed by atoms with Gasteiger partial charge in [0.15, 0.2) is 12.4 Å². The fourth-order valence-electron chi connectivity index (χ4n) is 3.53. The Labute approximate surface area is 169 Å². The highest BCUT2D eigenvalue weighted by Gasteiger charge is 2.32. The Bertz CT molecular complexity index is 1090. The zero-order valence-electron chi connectivity index (χ0n) is 15.7. The van der Waals surface area contributed by atoms with E-state index in [9.17, 15) is 18.0 Å². The number of hydrogen-bond acceptors (Lipinski definition) is 6. The van der Waals surface area contributed by atoms with Crippen LogP contribution in [0.2, 0.25) is 0 Å². The molecular formula is C21H20N2O5S. The minimum Gasteiger partial charge on any atom is -0.454 e. The average Bonchev–Trinajstić information content (AvgIpc) is 2.97. The van der Waals surface area contributed by atoms with Gasteiger partial charge < -0.3 is 9.64 Å². The summed E-state index contributed by atoms with van der Waals surface area (Å²) in [5.41, 5.74) is 1.05. The van der Waals surface area contributed by atoms with E-state index in [1.165, 1.54) is 12.1 Å². The fraction of sp³-hybridized carbons (Fsp3) is 0.286. The van der Waals surface area contributed by atoms with Crippen LogP contribution in [0.15, 0.2) is 57.8 Å². The molecule has 1 saturated heterocycles. The van der Waals surface area contributed by atoms with Crippen LogP contribution >= 0.6 is 0 Å². The van der Waals surface area contributed by atoms with Crippen molar-refractivity contribution in [3.63, 3.8) is 0 Å². The number of anilines is 1. The van der Waals surface area contributed by atoms with E-state index >= 15 is 0 Å². The topological polar surface area (TPSA) is 93.1 Å². The van der Waals surface area contributed by atoms with Crippen molar-refractivity contribution in [2.24, 2.45) is 4.40 Å². The van der Waals surface area contributed by atoms with E-state index in [1.807, 2.05) is 4.90 Å². The third-order valence-electron chi connectivity index (χ3n) is 5.01. The lowest BCUT2D eigenvalue weighted by Crippen LogP contribution is -2.35. The van der Waals surface area contributed by atoms with Gasteiger partial charge in [0.2, 0.25) is 0 Å². The summed E-state index contributed by atoms with van der Waals surface area (Å²) in [6.45, 7) is 0.276. The Morgan fingerprint density at radius 1 is 1.00 bits per heavy atom. The number of fused-ring (bicyclic) bond motifs is 3. The zero-order chi connectivity index (χ0) is 20.4. The molecule has 0 amide bonds. The minimum atomic E-state index is -3.89. The Morgan fingerprint density at radius 3 is 2.59 bits per heavy atom. The van der Waals surface area contributed by atoms with Gasteiger partial charge in [-0.3, -0.25) is 4.79 Å². The van der Waals surface area contributed by atoms with Crippen LogP contribution < -0.4 is 4.90 Å². The maximum Gasteiger partial charge on any atom is 0.338 e. The van der Waals surface area contributed by atoms with E-state index in [-0.39, 0.29) is 16.2 Å². The minimum absolute atomic E-state index is 0.00742. The van der Waals surface area contributed by atoms with Crippen molar-refractivity contribution >= 4 is 33.3 Å². The maximum absolute atomic E-state index is 12.6. The molecule has 0 saturated carbocycles. The molecule has 2 aromatic carbocycles. The molecule has 0 atom stereocenters. The smallest absolute Gasteiger partial charge is 0.338 e. The number of ether oxygens (including phenoxy) is 1. The number of hydrogen-bond donors (Lipinski definition) is 0. The van der Waals surface area contributed by atoms with Crippen LogP contribution in [0.1, 0.15) is 46.4 Å². The molecule has 29 heavy (non-hydrogen) atoms. The van der Waals surface area contributed by atoms with E-state index in [2.05, 4.69) is 4.40 Å². The molecule has 0 aliphatic carbocycles. The highest BCUT2D eigenvalue weighted by atomic mass is 32.2. The van der Waals surface area contributed by atoms with E-state index in [0.29, 0.717) is 30.1 Å². The summed E-state index contributed by atoms with van der Waals surface area (Å²) in [4.78, 5) is 26.4. The SMILES string of the molecule is O=C(COC(=O)c1ccc2c(c1)S(=O)(=O)N=C1CCCCCN12)c1ccccc1. The first-order chi connectivity index (χ1) is 14.0. The molecule has 4 rings (SSSR count). The van der Waals surface area contributed by atoms with Crippen molar-refractivity contribution in [3.8, 4) is 0 Å². The van der Waals surface area contributed by atoms with Gasteiger partial charge in [-0.15, -0.1) is 4.40 Å². The van der Waals surface area contributed by atoms with Gasteiger partial charge >= 0.3 is 5.97 Å². The quantitative estimate of drug-likeness (QED) is 0.566. The van der Waals surface area contributed by atoms with Gasteiger partial charge in [-0.1, -0.05) is 36.8 Å². The van der Waals surface area contributed by atoms with Crippen LogP contribution in [-0.2, 0) is 14.8 Å². The monoisotopic (exact) mass is 412 g/mol. The van der Waals surface area contributed by atoms with Crippen LogP contribution in [0, 0.1) is 0 Å². The number of sulfonamides is 1. The first-order valence-corrected chi connectivity index (χ1v) is 10.9. The van der Waals surface area contributed by atoms with Crippen LogP contribution in [0.3, 0.4) is 0 Å². The molecule has 2 aromatic rings. The lowest BCUT2D eigenvalue weighted by molar-refractivity contribution is 0.0474. The summed E-state index contributed by atoms with van der Waals surface area (Å²) in [5.74, 6) is -0.528. The van der Waals surface area contributed by atoms with E-state index in [1.54, 1.807) is 36.4 Å². The standard InChI is InChI=1S/C21H20N2O5S/c24-18(15-7-3-1-4-8-15)14-28-21(25)16-10-11-17-19(13-16)29(26,27)22-20-9-5-2-6-12-23(17)20/h1,3-4,7-8,10-11,13H,2,5-6,9,12,14H2. The van der Waals surface area contributed by atoms with E-state index in [0.717, 1.165) is 19.3 Å². The molecular weight excluding hydrogens is 392 g/mol. The third kappa shape index (κ3) is 3.93. The van der Waals surface area contributed by atoms with Crippen LogP contribution in [0.4, 0.5) is 5.69 Å². The summed E-state index contributed by atoms with van der Waals surface area (Å²) < 4.78 is 34.3. The van der Waals surface area contributed by atoms with Gasteiger partial charge in [0.1, 0.15) is 10.7 Å². The Balaban J connectivity index is 1.56. The van der Waals surface area contributed by atoms with Gasteiger partial charge in [-0.25, -0.2) is 4.79 Å². The molecule has 0 aromatic heterocycles. The van der Waals surface area contributed by atoms with Gasteiger partial charge in [0.05, 0.1) is 11.3 Å². The van der Waals surface area contributed by atoms with Crippen LogP contribution in [0.25, 0.3) is 0 Å². The Morgan fingerprint density at radius 2 is 1.79 bits per heavy atom. The number of carbonyl (C=O) groups is 2. The Kier molecular flexibility index (Phi) is 5.19. The van der Waals surface area contributed by atoms with Crippen molar-refractivity contribution in [1.82, 2.24) is 0 Å². The summed E-state index contributed by atoms with van der Waals surface area (Å²) in [5, 5.41) is 0. The summed E-state index contributed by atoms with van der Waals surface area (Å²) in [6, 6.07) is 12.9. The molecule has 2 aliphatic heterocycles. The fourth-order valence-corrected chi connectivity index (χ4v) is 4.81. The van der Waals surface area contributed by atoms with Crippen molar-refractivity contribution in [2.45, 2.75) is 30.6 Å². The molecule has 8 heteroatoms. The maximum atomic E-state index is 12.6. The Hall–Kier alpha value is -3.00. The molecule has 0 spiro atoms. The lowest BCUT2D eigenvalue weighted by Gasteiger charge is -2.29. The van der Waals surface area contributed by atoms with Gasteiger partial charge in [0, 0.05) is 18.5 Å². The molecule has 0 N–H and O–H groups in total. The predicted molar refractivity (Wildman–Crippen MR) is 108 cm³/mol. The zero-order valence-corrected chi connectivity index (χ0v) is 16.5. The molecule has 2 aliphatic rings. The highest BCUT2D eigenvalue weighted by Crippen LogP contribution is 2.35. The van der Waals surface area contributed by atoms with E-state index in [4.69, 9.17) is 4.74 Å². The van der Waals surface area contributed by atoms with Crippen molar-refractivity contribution in [1.29, 1.82) is 0 Å². The summed E-state index contributed by atoms with van der Waals surface area (Å²) in [7, 11) is -3.89. The number of amidine groups is 1. The van der Waals surface area contributed by atoms with Gasteiger partial charge in [0.25, 0.3) is 10.0 Å². The van der Waals surface area contributed by atoms with Crippen LogP contribution in [0.5, 0.6) is 0 Å². The third-order valence-corrected chi connectivity index (χ3v) is 6.35. The summed E-state index contributed by atoms with van der Waals surface area (Å²) in [6.07, 6.45) is 3.48. The number of Topliss-reactive ketones (excluding diaryl/α,β-unsaturated/α-hetero) is 1. The number of carbonyl (C=O) groups excluding carboxylic acids is 2. The number of rotatable bonds is 4. The normalized spacial score (nSPS) is 17.4. The van der Waals surface area contributed by atoms with Crippen molar-refractivity contribution in [2.75, 3.05) is 18.1 Å². The van der Waals surface area contributed by atoms with Crippen LogP contribution in [-0.4, -0.2) is 39.2 Å². The highest BCUT2D eigenvalue weighted by molar-refractivity contribution is 7.90. The molecule has 0 radical (unpaired) electrons. The van der Waals surface area contributed by atoms with Gasteiger partial charge in [-0.05, 0) is 31.0 Å². The average molecular weight is 412 g/mol. The second-order valence-electron chi connectivity index (χ2n) is 6.99. The number of benzene rings is 2. The van der Waals surface area contributed by atoms with Crippen molar-refractivity contribution in [3.05, 3.63) is 59.7 Å². The van der Waals surface area contributed by atoms with Crippen molar-refractivity contribution < 1.29 is 22.7 Å². The first-order valence-electron chi connectivity index (χ1n) is 9.46. The number of ketones is 1. The number of esters is 1.